The van der Waals surface area contributed by atoms with Crippen molar-refractivity contribution in [1.29, 1.82) is 0 Å². The molecule has 0 bridgehead atoms. The first-order chi connectivity index (χ1) is 8.08. The number of sulfonamides is 1. The molecule has 8 nitrogen and oxygen atoms in total. The lowest BCUT2D eigenvalue weighted by atomic mass is 10.1. The van der Waals surface area contributed by atoms with Gasteiger partial charge in [0.05, 0.1) is 17.9 Å². The highest BCUT2D eigenvalue weighted by molar-refractivity contribution is 7.89. The van der Waals surface area contributed by atoms with Crippen LogP contribution in [0.3, 0.4) is 0 Å². The van der Waals surface area contributed by atoms with Gasteiger partial charge >= 0.3 is 5.97 Å². The van der Waals surface area contributed by atoms with Crippen molar-refractivity contribution in [2.45, 2.75) is 31.3 Å². The Bertz CT molecular complexity index is 541. The van der Waals surface area contributed by atoms with E-state index >= 15 is 0 Å². The molecule has 1 heterocycles. The number of aryl methyl sites for hydroxylation is 2. The third kappa shape index (κ3) is 2.86. The first-order valence-electron chi connectivity index (χ1n) is 5.05. The monoisotopic (exact) mass is 277 g/mol. The van der Waals surface area contributed by atoms with E-state index in [1.165, 1.54) is 13.8 Å². The second-order valence-electron chi connectivity index (χ2n) is 4.17. The third-order valence-corrected chi connectivity index (χ3v) is 4.06. The molecule has 0 saturated carbocycles. The minimum Gasteiger partial charge on any atom is -0.479 e. The van der Waals surface area contributed by atoms with E-state index in [-0.39, 0.29) is 10.6 Å². The molecule has 1 aromatic heterocycles. The summed E-state index contributed by atoms with van der Waals surface area (Å²) >= 11 is 0. The zero-order valence-electron chi connectivity index (χ0n) is 10.2. The van der Waals surface area contributed by atoms with Crippen molar-refractivity contribution in [2.24, 2.45) is 0 Å². The topological polar surface area (TPSA) is 132 Å². The second kappa shape index (κ2) is 4.67. The molecule has 1 unspecified atom stereocenters. The summed E-state index contributed by atoms with van der Waals surface area (Å²) in [6, 6.07) is 0. The molecule has 0 amide bonds. The SMILES string of the molecule is Cc1n[nH]c(C)c1S(=O)(=O)NCC(C)(O)C(=O)O. The van der Waals surface area contributed by atoms with Gasteiger partial charge in [0.1, 0.15) is 4.90 Å². The van der Waals surface area contributed by atoms with Gasteiger partial charge in [-0.2, -0.15) is 5.10 Å². The van der Waals surface area contributed by atoms with Crippen LogP contribution in [0, 0.1) is 13.8 Å². The van der Waals surface area contributed by atoms with E-state index < -0.39 is 28.1 Å². The number of hydrogen-bond donors (Lipinski definition) is 4. The van der Waals surface area contributed by atoms with Crippen LogP contribution in [0.2, 0.25) is 0 Å². The number of carboxylic acids is 1. The van der Waals surface area contributed by atoms with E-state index in [0.29, 0.717) is 5.69 Å². The number of nitrogens with zero attached hydrogens (tertiary/aromatic N) is 1. The molecule has 0 aliphatic heterocycles. The molecule has 1 atom stereocenters. The van der Waals surface area contributed by atoms with E-state index in [0.717, 1.165) is 6.92 Å². The first kappa shape index (κ1) is 14.6. The van der Waals surface area contributed by atoms with Crippen LogP contribution in [0.15, 0.2) is 4.90 Å². The molecule has 9 heteroatoms. The van der Waals surface area contributed by atoms with Crippen molar-refractivity contribution >= 4 is 16.0 Å². The van der Waals surface area contributed by atoms with Gasteiger partial charge in [-0.05, 0) is 20.8 Å². The Balaban J connectivity index is 2.95. The van der Waals surface area contributed by atoms with Crippen LogP contribution < -0.4 is 4.72 Å². The Labute approximate surface area is 104 Å². The molecule has 102 valence electrons. The van der Waals surface area contributed by atoms with E-state index in [1.54, 1.807) is 0 Å². The number of aromatic nitrogens is 2. The lowest BCUT2D eigenvalue weighted by Gasteiger charge is -2.18. The standard InChI is InChI=1S/C9H15N3O5S/c1-5-7(6(2)12-11-5)18(16,17)10-4-9(3,15)8(13)14/h10,15H,4H2,1-3H3,(H,11,12)(H,13,14). The molecule has 0 aromatic carbocycles. The van der Waals surface area contributed by atoms with Gasteiger partial charge in [-0.25, -0.2) is 17.9 Å². The normalized spacial score (nSPS) is 15.3. The van der Waals surface area contributed by atoms with Crippen LogP contribution in [0.1, 0.15) is 18.3 Å². The van der Waals surface area contributed by atoms with E-state index in [9.17, 15) is 18.3 Å². The number of aromatic amines is 1. The molecule has 1 rings (SSSR count). The van der Waals surface area contributed by atoms with E-state index in [2.05, 4.69) is 10.2 Å². The van der Waals surface area contributed by atoms with Crippen LogP contribution in [0.25, 0.3) is 0 Å². The quantitative estimate of drug-likeness (QED) is 0.553. The van der Waals surface area contributed by atoms with Crippen LogP contribution in [-0.4, -0.2) is 46.9 Å². The van der Waals surface area contributed by atoms with E-state index in [4.69, 9.17) is 5.11 Å². The van der Waals surface area contributed by atoms with Crippen molar-refractivity contribution in [2.75, 3.05) is 6.54 Å². The second-order valence-corrected chi connectivity index (χ2v) is 5.87. The van der Waals surface area contributed by atoms with Crippen molar-refractivity contribution in [1.82, 2.24) is 14.9 Å². The Hall–Kier alpha value is -1.45. The lowest BCUT2D eigenvalue weighted by Crippen LogP contribution is -2.46. The summed E-state index contributed by atoms with van der Waals surface area (Å²) in [5.41, 5.74) is -1.55. The van der Waals surface area contributed by atoms with Crippen molar-refractivity contribution in [3.63, 3.8) is 0 Å². The average Bonchev–Trinajstić information content (AvgIpc) is 2.56. The number of hydrogen-bond acceptors (Lipinski definition) is 5. The van der Waals surface area contributed by atoms with Gasteiger partial charge < -0.3 is 10.2 Å². The van der Waals surface area contributed by atoms with Crippen molar-refractivity contribution < 1.29 is 23.4 Å². The maximum Gasteiger partial charge on any atom is 0.336 e. The summed E-state index contributed by atoms with van der Waals surface area (Å²) in [5, 5.41) is 24.4. The molecule has 0 saturated heterocycles. The maximum atomic E-state index is 11.9. The molecule has 0 fully saturated rings. The van der Waals surface area contributed by atoms with Gasteiger partial charge in [0.2, 0.25) is 10.0 Å². The Morgan fingerprint density at radius 1 is 1.50 bits per heavy atom. The molecule has 4 N–H and O–H groups in total. The number of aliphatic hydroxyl groups is 1. The fourth-order valence-electron chi connectivity index (χ4n) is 1.32. The van der Waals surface area contributed by atoms with E-state index in [1.807, 2.05) is 4.72 Å². The fraction of sp³-hybridized carbons (Fsp3) is 0.556. The minimum absolute atomic E-state index is 0.0383. The highest BCUT2D eigenvalue weighted by Gasteiger charge is 2.33. The zero-order chi connectivity index (χ0) is 14.1. The summed E-state index contributed by atoms with van der Waals surface area (Å²) in [5.74, 6) is -1.51. The number of carbonyl (C=O) groups is 1. The Morgan fingerprint density at radius 2 is 2.06 bits per heavy atom. The molecular formula is C9H15N3O5S. The lowest BCUT2D eigenvalue weighted by molar-refractivity contribution is -0.155. The summed E-state index contributed by atoms with van der Waals surface area (Å²) in [4.78, 5) is 10.6. The number of nitrogens with one attached hydrogen (secondary N) is 2. The Morgan fingerprint density at radius 3 is 2.44 bits per heavy atom. The van der Waals surface area contributed by atoms with Crippen LogP contribution >= 0.6 is 0 Å². The number of aliphatic carboxylic acids is 1. The molecular weight excluding hydrogens is 262 g/mol. The molecule has 0 radical (unpaired) electrons. The average molecular weight is 277 g/mol. The minimum atomic E-state index is -3.91. The van der Waals surface area contributed by atoms with Crippen LogP contribution in [0.5, 0.6) is 0 Å². The molecule has 0 spiro atoms. The Kier molecular flexibility index (Phi) is 3.79. The van der Waals surface area contributed by atoms with Gasteiger partial charge in [-0.3, -0.25) is 5.10 Å². The molecule has 1 aromatic rings. The summed E-state index contributed by atoms with van der Waals surface area (Å²) in [7, 11) is -3.91. The largest absolute Gasteiger partial charge is 0.479 e. The predicted molar refractivity (Wildman–Crippen MR) is 61.5 cm³/mol. The van der Waals surface area contributed by atoms with Gasteiger partial charge in [0.25, 0.3) is 0 Å². The van der Waals surface area contributed by atoms with Gasteiger partial charge in [0, 0.05) is 0 Å². The molecule has 18 heavy (non-hydrogen) atoms. The summed E-state index contributed by atoms with van der Waals surface area (Å²) < 4.78 is 25.9. The fourth-order valence-corrected chi connectivity index (χ4v) is 2.82. The van der Waals surface area contributed by atoms with Gasteiger partial charge in [0.15, 0.2) is 5.60 Å². The molecule has 0 aliphatic carbocycles. The smallest absolute Gasteiger partial charge is 0.336 e. The van der Waals surface area contributed by atoms with Crippen LogP contribution in [-0.2, 0) is 14.8 Å². The van der Waals surface area contributed by atoms with Crippen molar-refractivity contribution in [3.05, 3.63) is 11.4 Å². The van der Waals surface area contributed by atoms with Crippen LogP contribution in [0.4, 0.5) is 0 Å². The summed E-state index contributed by atoms with van der Waals surface area (Å²) in [6.45, 7) is 3.42. The zero-order valence-corrected chi connectivity index (χ0v) is 11.0. The number of rotatable bonds is 5. The highest BCUT2D eigenvalue weighted by Crippen LogP contribution is 2.16. The third-order valence-electron chi connectivity index (χ3n) is 2.40. The van der Waals surface area contributed by atoms with Gasteiger partial charge in [-0.1, -0.05) is 0 Å². The maximum absolute atomic E-state index is 11.9. The first-order valence-corrected chi connectivity index (χ1v) is 6.53. The highest BCUT2D eigenvalue weighted by atomic mass is 32.2. The predicted octanol–water partition coefficient (Wildman–Crippen LogP) is -0.860. The summed E-state index contributed by atoms with van der Waals surface area (Å²) in [6.07, 6.45) is 0. The van der Waals surface area contributed by atoms with Gasteiger partial charge in [-0.15, -0.1) is 0 Å². The number of carboxylic acid groups (broad SMARTS) is 1. The molecule has 0 aliphatic rings. The van der Waals surface area contributed by atoms with Crippen molar-refractivity contribution in [3.8, 4) is 0 Å². The number of H-pyrrole nitrogens is 1.